The number of hydrogen-bond donors (Lipinski definition) is 2. The van der Waals surface area contributed by atoms with Gasteiger partial charge in [0.15, 0.2) is 5.82 Å². The Balaban J connectivity index is 2.44. The van der Waals surface area contributed by atoms with E-state index in [4.69, 9.17) is 5.26 Å². The average Bonchev–Trinajstić information content (AvgIpc) is 2.37. The Labute approximate surface area is 119 Å². The van der Waals surface area contributed by atoms with E-state index in [-0.39, 0.29) is 10.0 Å². The molecule has 0 bridgehead atoms. The lowest BCUT2D eigenvalue weighted by Gasteiger charge is -2.08. The molecule has 0 spiro atoms. The highest BCUT2D eigenvalue weighted by atomic mass is 79.9. The molecule has 0 fully saturated rings. The van der Waals surface area contributed by atoms with Crippen LogP contribution < -0.4 is 10.9 Å². The zero-order chi connectivity index (χ0) is 13.1. The topological polar surface area (TPSA) is 81.6 Å². The standard InChI is InChI=1S/C11H6Br2N4O/c12-7-1-2-8(6(3-7)4-14)17-10-9(13)11(18)16-5-15-10/h1-3,5H,(H2,15,16,17,18). The number of anilines is 2. The maximum absolute atomic E-state index is 11.4. The second-order valence-electron chi connectivity index (χ2n) is 3.32. The summed E-state index contributed by atoms with van der Waals surface area (Å²) in [5.74, 6) is 0.359. The summed E-state index contributed by atoms with van der Waals surface area (Å²) in [4.78, 5) is 17.8. The Bertz CT molecular complexity index is 690. The van der Waals surface area contributed by atoms with E-state index in [1.807, 2.05) is 0 Å². The van der Waals surface area contributed by atoms with Crippen LogP contribution in [0.2, 0.25) is 0 Å². The summed E-state index contributed by atoms with van der Waals surface area (Å²) in [6, 6.07) is 7.28. The molecule has 1 heterocycles. The zero-order valence-electron chi connectivity index (χ0n) is 8.87. The summed E-state index contributed by atoms with van der Waals surface area (Å²) in [7, 11) is 0. The number of nitrogens with zero attached hydrogens (tertiary/aromatic N) is 2. The Hall–Kier alpha value is -1.65. The second kappa shape index (κ2) is 5.33. The van der Waals surface area contributed by atoms with E-state index in [1.165, 1.54) is 6.33 Å². The first-order valence-electron chi connectivity index (χ1n) is 4.81. The lowest BCUT2D eigenvalue weighted by Crippen LogP contribution is -2.10. The Morgan fingerprint density at radius 3 is 2.89 bits per heavy atom. The Morgan fingerprint density at radius 1 is 1.39 bits per heavy atom. The van der Waals surface area contributed by atoms with Crippen molar-refractivity contribution in [1.29, 1.82) is 5.26 Å². The summed E-state index contributed by atoms with van der Waals surface area (Å²) in [6.45, 7) is 0. The van der Waals surface area contributed by atoms with Crippen LogP contribution in [-0.4, -0.2) is 9.97 Å². The predicted octanol–water partition coefficient (Wildman–Crippen LogP) is 2.91. The first kappa shape index (κ1) is 12.8. The van der Waals surface area contributed by atoms with E-state index in [1.54, 1.807) is 18.2 Å². The summed E-state index contributed by atoms with van der Waals surface area (Å²) in [5.41, 5.74) is 0.751. The van der Waals surface area contributed by atoms with Gasteiger partial charge >= 0.3 is 0 Å². The average molecular weight is 370 g/mol. The highest BCUT2D eigenvalue weighted by Gasteiger charge is 2.08. The van der Waals surface area contributed by atoms with E-state index in [0.29, 0.717) is 17.1 Å². The minimum Gasteiger partial charge on any atom is -0.338 e. The van der Waals surface area contributed by atoms with Gasteiger partial charge in [-0.15, -0.1) is 0 Å². The van der Waals surface area contributed by atoms with Crippen LogP contribution >= 0.6 is 31.9 Å². The summed E-state index contributed by atoms with van der Waals surface area (Å²) in [6.07, 6.45) is 1.29. The number of halogens is 2. The molecule has 7 heteroatoms. The first-order chi connectivity index (χ1) is 8.61. The Morgan fingerprint density at radius 2 is 2.17 bits per heavy atom. The molecule has 2 N–H and O–H groups in total. The van der Waals surface area contributed by atoms with Gasteiger partial charge in [-0.3, -0.25) is 4.79 Å². The molecule has 0 amide bonds. The van der Waals surface area contributed by atoms with E-state index >= 15 is 0 Å². The molecule has 0 saturated heterocycles. The molecule has 1 aromatic heterocycles. The van der Waals surface area contributed by atoms with Crippen LogP contribution in [0.1, 0.15) is 5.56 Å². The largest absolute Gasteiger partial charge is 0.338 e. The molecule has 0 radical (unpaired) electrons. The minimum atomic E-state index is -0.289. The van der Waals surface area contributed by atoms with Gasteiger partial charge < -0.3 is 10.3 Å². The maximum Gasteiger partial charge on any atom is 0.267 e. The molecular formula is C11H6Br2N4O. The van der Waals surface area contributed by atoms with Crippen molar-refractivity contribution >= 4 is 43.4 Å². The molecule has 0 unspecified atom stereocenters. The van der Waals surface area contributed by atoms with Crippen molar-refractivity contribution in [3.8, 4) is 6.07 Å². The molecule has 0 aliphatic heterocycles. The van der Waals surface area contributed by atoms with Crippen LogP contribution in [0.25, 0.3) is 0 Å². The SMILES string of the molecule is N#Cc1cc(Br)ccc1Nc1nc[nH]c(=O)c1Br. The van der Waals surface area contributed by atoms with Crippen molar-refractivity contribution in [1.82, 2.24) is 9.97 Å². The predicted molar refractivity (Wildman–Crippen MR) is 74.7 cm³/mol. The normalized spacial score (nSPS) is 9.83. The van der Waals surface area contributed by atoms with E-state index in [0.717, 1.165) is 4.47 Å². The Kier molecular flexibility index (Phi) is 3.79. The van der Waals surface area contributed by atoms with Crippen molar-refractivity contribution in [2.75, 3.05) is 5.32 Å². The van der Waals surface area contributed by atoms with Crippen LogP contribution in [0, 0.1) is 11.3 Å². The fourth-order valence-corrected chi connectivity index (χ4v) is 1.99. The number of rotatable bonds is 2. The van der Waals surface area contributed by atoms with Gasteiger partial charge in [0.1, 0.15) is 10.5 Å². The van der Waals surface area contributed by atoms with Crippen molar-refractivity contribution in [3.05, 3.63) is 49.4 Å². The van der Waals surface area contributed by atoms with E-state index < -0.39 is 0 Å². The van der Waals surface area contributed by atoms with E-state index in [9.17, 15) is 4.79 Å². The molecule has 5 nitrogen and oxygen atoms in total. The van der Waals surface area contributed by atoms with Gasteiger partial charge in [-0.2, -0.15) is 5.26 Å². The smallest absolute Gasteiger partial charge is 0.267 e. The fourth-order valence-electron chi connectivity index (χ4n) is 1.32. The van der Waals surface area contributed by atoms with Crippen LogP contribution in [0.4, 0.5) is 11.5 Å². The number of H-pyrrole nitrogens is 1. The van der Waals surface area contributed by atoms with Crippen LogP contribution in [-0.2, 0) is 0 Å². The molecule has 0 aliphatic carbocycles. The van der Waals surface area contributed by atoms with Crippen molar-refractivity contribution in [2.24, 2.45) is 0 Å². The van der Waals surface area contributed by atoms with Gasteiger partial charge in [-0.25, -0.2) is 4.98 Å². The zero-order valence-corrected chi connectivity index (χ0v) is 12.0. The molecule has 2 aromatic rings. The van der Waals surface area contributed by atoms with Gasteiger partial charge in [0.05, 0.1) is 17.6 Å². The highest BCUT2D eigenvalue weighted by molar-refractivity contribution is 9.10. The molecule has 1 aromatic carbocycles. The summed E-state index contributed by atoms with van der Waals surface area (Å²) < 4.78 is 1.10. The third-order valence-corrected chi connectivity index (χ3v) is 3.38. The quantitative estimate of drug-likeness (QED) is 0.852. The lowest BCUT2D eigenvalue weighted by molar-refractivity contribution is 1.10. The van der Waals surface area contributed by atoms with Gasteiger partial charge in [0.2, 0.25) is 0 Å². The van der Waals surface area contributed by atoms with Crippen molar-refractivity contribution in [2.45, 2.75) is 0 Å². The van der Waals surface area contributed by atoms with Gasteiger partial charge in [0.25, 0.3) is 5.56 Å². The van der Waals surface area contributed by atoms with E-state index in [2.05, 4.69) is 53.2 Å². The van der Waals surface area contributed by atoms with Gasteiger partial charge in [0, 0.05) is 4.47 Å². The van der Waals surface area contributed by atoms with Crippen LogP contribution in [0.15, 0.2) is 38.3 Å². The number of nitriles is 1. The monoisotopic (exact) mass is 368 g/mol. The molecule has 0 atom stereocenters. The molecule has 0 aliphatic rings. The fraction of sp³-hybridized carbons (Fsp3) is 0. The maximum atomic E-state index is 11.4. The second-order valence-corrected chi connectivity index (χ2v) is 5.03. The highest BCUT2D eigenvalue weighted by Crippen LogP contribution is 2.25. The molecular weight excluding hydrogens is 364 g/mol. The number of nitrogens with one attached hydrogen (secondary N) is 2. The van der Waals surface area contributed by atoms with Crippen molar-refractivity contribution in [3.63, 3.8) is 0 Å². The van der Waals surface area contributed by atoms with Gasteiger partial charge in [-0.05, 0) is 34.1 Å². The molecule has 0 saturated carbocycles. The third kappa shape index (κ3) is 2.60. The number of hydrogen-bond acceptors (Lipinski definition) is 4. The van der Waals surface area contributed by atoms with Gasteiger partial charge in [-0.1, -0.05) is 15.9 Å². The number of aromatic amines is 1. The van der Waals surface area contributed by atoms with Crippen LogP contribution in [0.5, 0.6) is 0 Å². The third-order valence-electron chi connectivity index (χ3n) is 2.15. The molecule has 18 heavy (non-hydrogen) atoms. The first-order valence-corrected chi connectivity index (χ1v) is 6.40. The molecule has 90 valence electrons. The van der Waals surface area contributed by atoms with Crippen LogP contribution in [0.3, 0.4) is 0 Å². The summed E-state index contributed by atoms with van der Waals surface area (Å²) in [5, 5.41) is 12.0. The number of aromatic nitrogens is 2. The number of benzene rings is 1. The lowest BCUT2D eigenvalue weighted by atomic mass is 10.2. The summed E-state index contributed by atoms with van der Waals surface area (Å²) >= 11 is 6.43. The minimum absolute atomic E-state index is 0.289. The molecule has 2 rings (SSSR count). The van der Waals surface area contributed by atoms with Crippen molar-refractivity contribution < 1.29 is 0 Å².